The number of nitrogens with zero attached hydrogens (tertiary/aromatic N) is 2. The van der Waals surface area contributed by atoms with Gasteiger partial charge in [-0.25, -0.2) is 8.42 Å². The van der Waals surface area contributed by atoms with Crippen LogP contribution in [-0.4, -0.2) is 51.0 Å². The van der Waals surface area contributed by atoms with Crippen molar-refractivity contribution < 1.29 is 18.0 Å². The third kappa shape index (κ3) is 6.45. The minimum atomic E-state index is -3.81. The van der Waals surface area contributed by atoms with E-state index in [0.717, 1.165) is 21.7 Å². The van der Waals surface area contributed by atoms with E-state index in [4.69, 9.17) is 11.6 Å². The summed E-state index contributed by atoms with van der Waals surface area (Å²) in [6.07, 6.45) is 1.40. The molecule has 168 valence electrons. The van der Waals surface area contributed by atoms with E-state index >= 15 is 0 Å². The molecule has 0 aliphatic carbocycles. The molecule has 0 radical (unpaired) electrons. The molecule has 0 aliphatic rings. The van der Waals surface area contributed by atoms with E-state index in [1.54, 1.807) is 25.1 Å². The number of benzene rings is 2. The van der Waals surface area contributed by atoms with Crippen molar-refractivity contribution in [1.29, 1.82) is 0 Å². The molecule has 7 nitrogen and oxygen atoms in total. The number of carbonyl (C=O) groups is 2. The van der Waals surface area contributed by atoms with Gasteiger partial charge in [-0.2, -0.15) is 0 Å². The Morgan fingerprint density at radius 1 is 1.13 bits per heavy atom. The lowest BCUT2D eigenvalue weighted by Crippen LogP contribution is -2.51. The van der Waals surface area contributed by atoms with Crippen LogP contribution < -0.4 is 9.62 Å². The first-order valence-electron chi connectivity index (χ1n) is 9.87. The highest BCUT2D eigenvalue weighted by Gasteiger charge is 2.31. The van der Waals surface area contributed by atoms with Gasteiger partial charge < -0.3 is 10.2 Å². The van der Waals surface area contributed by atoms with Crippen LogP contribution in [0.2, 0.25) is 5.02 Å². The summed E-state index contributed by atoms with van der Waals surface area (Å²) >= 11 is 6.20. The molecule has 0 saturated heterocycles. The lowest BCUT2D eigenvalue weighted by Gasteiger charge is -2.32. The normalized spacial score (nSPS) is 12.2. The maximum Gasteiger partial charge on any atom is 0.244 e. The smallest absolute Gasteiger partial charge is 0.244 e. The van der Waals surface area contributed by atoms with Crippen molar-refractivity contribution >= 4 is 39.1 Å². The minimum absolute atomic E-state index is 0.173. The largest absolute Gasteiger partial charge is 0.357 e. The number of rotatable bonds is 9. The van der Waals surface area contributed by atoms with E-state index in [0.29, 0.717) is 6.42 Å². The van der Waals surface area contributed by atoms with Gasteiger partial charge in [-0.15, -0.1) is 0 Å². The number of sulfonamides is 1. The molecule has 31 heavy (non-hydrogen) atoms. The molecule has 1 atom stereocenters. The van der Waals surface area contributed by atoms with Crippen LogP contribution in [0, 0.1) is 6.92 Å². The highest BCUT2D eigenvalue weighted by atomic mass is 35.5. The fourth-order valence-electron chi connectivity index (χ4n) is 3.34. The molecule has 1 unspecified atom stereocenters. The van der Waals surface area contributed by atoms with Gasteiger partial charge in [0.15, 0.2) is 0 Å². The maximum atomic E-state index is 13.4. The van der Waals surface area contributed by atoms with Crippen molar-refractivity contribution in [3.63, 3.8) is 0 Å². The van der Waals surface area contributed by atoms with Crippen molar-refractivity contribution in [2.75, 3.05) is 24.2 Å². The highest BCUT2D eigenvalue weighted by molar-refractivity contribution is 7.92. The Morgan fingerprint density at radius 3 is 2.35 bits per heavy atom. The lowest BCUT2D eigenvalue weighted by atomic mass is 10.1. The first-order valence-corrected chi connectivity index (χ1v) is 12.1. The Hall–Kier alpha value is -2.58. The highest BCUT2D eigenvalue weighted by Crippen LogP contribution is 2.27. The molecule has 2 amide bonds. The molecule has 1 N–H and O–H groups in total. The second-order valence-corrected chi connectivity index (χ2v) is 9.58. The van der Waals surface area contributed by atoms with E-state index in [-0.39, 0.29) is 23.2 Å². The first kappa shape index (κ1) is 24.7. The topological polar surface area (TPSA) is 86.8 Å². The van der Waals surface area contributed by atoms with Crippen LogP contribution >= 0.6 is 11.6 Å². The van der Waals surface area contributed by atoms with Crippen LogP contribution in [0.5, 0.6) is 0 Å². The van der Waals surface area contributed by atoms with Gasteiger partial charge in [-0.3, -0.25) is 13.9 Å². The van der Waals surface area contributed by atoms with Crippen molar-refractivity contribution in [1.82, 2.24) is 10.2 Å². The lowest BCUT2D eigenvalue weighted by molar-refractivity contribution is -0.140. The van der Waals surface area contributed by atoms with Gasteiger partial charge in [-0.1, -0.05) is 60.5 Å². The minimum Gasteiger partial charge on any atom is -0.357 e. The summed E-state index contributed by atoms with van der Waals surface area (Å²) in [5, 5.41) is 2.80. The van der Waals surface area contributed by atoms with Crippen LogP contribution in [0.25, 0.3) is 0 Å². The van der Waals surface area contributed by atoms with Crippen molar-refractivity contribution in [2.24, 2.45) is 0 Å². The number of likely N-dealkylation sites (N-methyl/N-ethyl adjacent to an activating group) is 1. The van der Waals surface area contributed by atoms with E-state index < -0.39 is 28.5 Å². The number of carbonyl (C=O) groups excluding carboxylic acids is 2. The number of para-hydroxylation sites is 1. The molecule has 0 saturated carbocycles. The van der Waals surface area contributed by atoms with Crippen LogP contribution in [0.15, 0.2) is 48.5 Å². The van der Waals surface area contributed by atoms with Gasteiger partial charge in [0.2, 0.25) is 21.8 Å². The molecule has 0 spiro atoms. The zero-order chi connectivity index (χ0) is 23.2. The van der Waals surface area contributed by atoms with E-state index in [2.05, 4.69) is 5.32 Å². The van der Waals surface area contributed by atoms with Gasteiger partial charge in [0.05, 0.1) is 17.0 Å². The molecule has 2 aromatic rings. The summed E-state index contributed by atoms with van der Waals surface area (Å²) in [5.41, 5.74) is 2.08. The van der Waals surface area contributed by atoms with Gasteiger partial charge in [0.25, 0.3) is 0 Å². The second kappa shape index (κ2) is 10.6. The number of hydrogen-bond donors (Lipinski definition) is 1. The third-order valence-electron chi connectivity index (χ3n) is 4.87. The van der Waals surface area contributed by atoms with Crippen LogP contribution in [-0.2, 0) is 26.2 Å². The molecule has 2 rings (SSSR count). The van der Waals surface area contributed by atoms with Gasteiger partial charge >= 0.3 is 0 Å². The predicted octanol–water partition coefficient (Wildman–Crippen LogP) is 2.97. The molecule has 0 bridgehead atoms. The van der Waals surface area contributed by atoms with E-state index in [1.165, 1.54) is 18.0 Å². The Kier molecular flexibility index (Phi) is 8.47. The number of aryl methyl sites for hydroxylation is 1. The Labute approximate surface area is 189 Å². The molecule has 9 heteroatoms. The zero-order valence-electron chi connectivity index (χ0n) is 18.1. The molecule has 0 aliphatic heterocycles. The summed E-state index contributed by atoms with van der Waals surface area (Å²) in [5.74, 6) is -0.811. The number of anilines is 1. The quantitative estimate of drug-likeness (QED) is 0.616. The fraction of sp³-hybridized carbons (Fsp3) is 0.364. The van der Waals surface area contributed by atoms with Crippen LogP contribution in [0.4, 0.5) is 5.69 Å². The molecule has 0 aromatic heterocycles. The Morgan fingerprint density at radius 2 is 1.81 bits per heavy atom. The Bertz CT molecular complexity index is 1040. The predicted molar refractivity (Wildman–Crippen MR) is 124 cm³/mol. The number of halogens is 1. The summed E-state index contributed by atoms with van der Waals surface area (Å²) in [4.78, 5) is 27.3. The number of nitrogens with one attached hydrogen (secondary N) is 1. The molecule has 2 aromatic carbocycles. The van der Waals surface area contributed by atoms with Crippen LogP contribution in [0.1, 0.15) is 24.5 Å². The number of amides is 2. The standard InChI is InChI=1S/C22H28ClN3O4S/c1-5-19(22(28)24-3)25(14-17-10-8-9-16(2)13-17)21(27)15-26(31(4,29)30)20-12-7-6-11-18(20)23/h6-13,19H,5,14-15H2,1-4H3,(H,24,28). The molecular formula is C22H28ClN3O4S. The van der Waals surface area contributed by atoms with Gasteiger partial charge in [-0.05, 0) is 31.0 Å². The molecule has 0 heterocycles. The SMILES string of the molecule is CCC(C(=O)NC)N(Cc1cccc(C)c1)C(=O)CN(c1ccccc1Cl)S(C)(=O)=O. The van der Waals surface area contributed by atoms with Gasteiger partial charge in [0.1, 0.15) is 12.6 Å². The van der Waals surface area contributed by atoms with Crippen molar-refractivity contribution in [2.45, 2.75) is 32.9 Å². The summed E-state index contributed by atoms with van der Waals surface area (Å²) in [7, 11) is -2.30. The average molecular weight is 466 g/mol. The summed E-state index contributed by atoms with van der Waals surface area (Å²) < 4.78 is 26.0. The molecular weight excluding hydrogens is 438 g/mol. The summed E-state index contributed by atoms with van der Waals surface area (Å²) in [6.45, 7) is 3.45. The van der Waals surface area contributed by atoms with Crippen molar-refractivity contribution in [3.8, 4) is 0 Å². The second-order valence-electron chi connectivity index (χ2n) is 7.27. The number of hydrogen-bond acceptors (Lipinski definition) is 4. The van der Waals surface area contributed by atoms with Gasteiger partial charge in [0, 0.05) is 13.6 Å². The van der Waals surface area contributed by atoms with Crippen molar-refractivity contribution in [3.05, 3.63) is 64.7 Å². The van der Waals surface area contributed by atoms with E-state index in [9.17, 15) is 18.0 Å². The first-order chi connectivity index (χ1) is 14.6. The fourth-order valence-corrected chi connectivity index (χ4v) is 4.49. The zero-order valence-corrected chi connectivity index (χ0v) is 19.7. The monoisotopic (exact) mass is 465 g/mol. The Balaban J connectivity index is 2.44. The summed E-state index contributed by atoms with van der Waals surface area (Å²) in [6, 6.07) is 13.3. The maximum absolute atomic E-state index is 13.4. The van der Waals surface area contributed by atoms with Crippen LogP contribution in [0.3, 0.4) is 0 Å². The van der Waals surface area contributed by atoms with E-state index in [1.807, 2.05) is 31.2 Å². The average Bonchev–Trinajstić information content (AvgIpc) is 2.71. The molecule has 0 fully saturated rings. The third-order valence-corrected chi connectivity index (χ3v) is 6.31.